The number of nitrogens with zero attached hydrogens (tertiary/aromatic N) is 1. The topological polar surface area (TPSA) is 91.0 Å². The summed E-state index contributed by atoms with van der Waals surface area (Å²) in [7, 11) is 0. The van der Waals surface area contributed by atoms with E-state index in [1.807, 2.05) is 16.8 Å². The minimum atomic E-state index is -0.425. The highest BCUT2D eigenvalue weighted by Gasteiger charge is 2.48. The van der Waals surface area contributed by atoms with E-state index in [4.69, 9.17) is 20.2 Å². The van der Waals surface area contributed by atoms with Crippen molar-refractivity contribution < 1.29 is 19.1 Å². The summed E-state index contributed by atoms with van der Waals surface area (Å²) < 4.78 is 11.0. The summed E-state index contributed by atoms with van der Waals surface area (Å²) in [4.78, 5) is 30.8. The van der Waals surface area contributed by atoms with Gasteiger partial charge in [0.25, 0.3) is 0 Å². The summed E-state index contributed by atoms with van der Waals surface area (Å²) in [5.74, 6) is -1.08. The van der Waals surface area contributed by atoms with E-state index in [0.29, 0.717) is 30.8 Å². The van der Waals surface area contributed by atoms with Gasteiger partial charge in [-0.25, -0.2) is 4.79 Å². The summed E-state index contributed by atoms with van der Waals surface area (Å²) in [6.07, 6.45) is 1.20. The maximum atomic E-state index is 13.1. The fraction of sp³-hybridized carbons (Fsp3) is 0.571. The van der Waals surface area contributed by atoms with Crippen LogP contribution in [0.15, 0.2) is 33.1 Å². The van der Waals surface area contributed by atoms with E-state index >= 15 is 0 Å². The Morgan fingerprint density at radius 1 is 1.36 bits per heavy atom. The van der Waals surface area contributed by atoms with Gasteiger partial charge in [-0.1, -0.05) is 13.8 Å². The molecule has 1 fully saturated rings. The van der Waals surface area contributed by atoms with Gasteiger partial charge in [0.1, 0.15) is 5.78 Å². The number of hydrogen-bond donors (Lipinski definition) is 1. The largest absolute Gasteiger partial charge is 0.463 e. The van der Waals surface area contributed by atoms with Gasteiger partial charge in [0, 0.05) is 24.6 Å². The van der Waals surface area contributed by atoms with Crippen LogP contribution < -0.4 is 5.73 Å². The molecule has 2 heterocycles. The zero-order valence-electron chi connectivity index (χ0n) is 16.7. The predicted molar refractivity (Wildman–Crippen MR) is 110 cm³/mol. The third-order valence-electron chi connectivity index (χ3n) is 5.15. The lowest BCUT2D eigenvalue weighted by Crippen LogP contribution is -2.44. The van der Waals surface area contributed by atoms with Gasteiger partial charge >= 0.3 is 5.97 Å². The maximum Gasteiger partial charge on any atom is 0.336 e. The quantitative estimate of drug-likeness (QED) is 0.557. The van der Waals surface area contributed by atoms with Crippen molar-refractivity contribution >= 4 is 28.8 Å². The van der Waals surface area contributed by atoms with Crippen LogP contribution in [0.3, 0.4) is 0 Å². The molecule has 2 N–H and O–H groups in total. The van der Waals surface area contributed by atoms with Crippen LogP contribution in [-0.2, 0) is 19.1 Å². The number of carbonyl (C=O) groups is 2. The molecule has 0 aromatic carbocycles. The Morgan fingerprint density at radius 3 is 2.79 bits per heavy atom. The molecule has 2 aliphatic rings. The molecule has 0 radical (unpaired) electrons. The van der Waals surface area contributed by atoms with E-state index in [9.17, 15) is 9.59 Å². The molecule has 1 saturated carbocycles. The van der Waals surface area contributed by atoms with Crippen molar-refractivity contribution in [1.82, 2.24) is 0 Å². The van der Waals surface area contributed by atoms with Crippen LogP contribution in [0.5, 0.6) is 0 Å². The minimum absolute atomic E-state index is 0.134. The third-order valence-corrected chi connectivity index (χ3v) is 5.85. The Hall–Kier alpha value is -1.83. The Morgan fingerprint density at radius 2 is 2.14 bits per heavy atom. The first-order valence-electron chi connectivity index (χ1n) is 9.68. The van der Waals surface area contributed by atoms with E-state index in [1.54, 1.807) is 18.3 Å². The van der Waals surface area contributed by atoms with E-state index in [1.165, 1.54) is 0 Å². The number of hydrogen-bond acceptors (Lipinski definition) is 7. The highest BCUT2D eigenvalue weighted by atomic mass is 32.1. The molecular weight excluding hydrogens is 376 g/mol. The average molecular weight is 405 g/mol. The van der Waals surface area contributed by atoms with E-state index in [0.717, 1.165) is 17.7 Å². The molecule has 3 rings (SSSR count). The third kappa shape index (κ3) is 4.26. The van der Waals surface area contributed by atoms with E-state index < -0.39 is 11.9 Å². The van der Waals surface area contributed by atoms with Gasteiger partial charge in [0.2, 0.25) is 0 Å². The molecule has 6 nitrogen and oxygen atoms in total. The summed E-state index contributed by atoms with van der Waals surface area (Å²) >= 11 is 1.55. The number of esters is 1. The summed E-state index contributed by atoms with van der Waals surface area (Å²) in [6, 6.07) is 1.98. The second kappa shape index (κ2) is 8.68. The van der Waals surface area contributed by atoms with E-state index in [-0.39, 0.29) is 30.3 Å². The average Bonchev–Trinajstić information content (AvgIpc) is 3.14. The van der Waals surface area contributed by atoms with Crippen LogP contribution in [-0.4, -0.2) is 43.8 Å². The van der Waals surface area contributed by atoms with Crippen LogP contribution >= 0.6 is 11.3 Å². The highest BCUT2D eigenvalue weighted by Crippen LogP contribution is 2.47. The zero-order valence-corrected chi connectivity index (χ0v) is 17.5. The number of fused-ring (bicyclic) bond motifs is 1. The van der Waals surface area contributed by atoms with Gasteiger partial charge in [-0.3, -0.25) is 9.79 Å². The lowest BCUT2D eigenvalue weighted by Gasteiger charge is -2.41. The number of nitrogens with two attached hydrogens (primary N) is 1. The number of carbonyl (C=O) groups excluding carboxylic acids is 2. The van der Waals surface area contributed by atoms with E-state index in [2.05, 4.69) is 13.8 Å². The summed E-state index contributed by atoms with van der Waals surface area (Å²) in [5.41, 5.74) is 8.19. The number of Topliss-reactive ketones (excluding diaryl/α,β-unsaturated/α-hetero) is 1. The van der Waals surface area contributed by atoms with Crippen molar-refractivity contribution in [3.63, 3.8) is 0 Å². The Labute approximate surface area is 169 Å². The lowest BCUT2D eigenvalue weighted by molar-refractivity contribution is -0.139. The van der Waals surface area contributed by atoms with Crippen LogP contribution in [0.25, 0.3) is 0 Å². The van der Waals surface area contributed by atoms with Gasteiger partial charge in [0.15, 0.2) is 0 Å². The van der Waals surface area contributed by atoms with Crippen molar-refractivity contribution in [2.24, 2.45) is 22.1 Å². The van der Waals surface area contributed by atoms with Crippen LogP contribution in [0.4, 0.5) is 0 Å². The van der Waals surface area contributed by atoms with Crippen LogP contribution in [0.1, 0.15) is 45.1 Å². The second-order valence-corrected chi connectivity index (χ2v) is 8.80. The molecule has 0 amide bonds. The molecule has 1 aromatic rings. The van der Waals surface area contributed by atoms with Crippen LogP contribution in [0, 0.1) is 11.3 Å². The highest BCUT2D eigenvalue weighted by molar-refractivity contribution is 7.08. The molecule has 0 saturated heterocycles. The molecule has 1 aromatic heterocycles. The number of ether oxygens (including phenoxy) is 2. The van der Waals surface area contributed by atoms with Gasteiger partial charge in [0.05, 0.1) is 37.0 Å². The smallest absolute Gasteiger partial charge is 0.336 e. The normalized spacial score (nSPS) is 24.0. The summed E-state index contributed by atoms with van der Waals surface area (Å²) in [6.45, 7) is 7.14. The second-order valence-electron chi connectivity index (χ2n) is 8.02. The number of rotatable bonds is 7. The first-order valence-corrected chi connectivity index (χ1v) is 10.6. The van der Waals surface area contributed by atoms with Gasteiger partial charge in [-0.15, -0.1) is 0 Å². The molecule has 28 heavy (non-hydrogen) atoms. The molecular formula is C21H28N2O4S. The zero-order chi connectivity index (χ0) is 20.3. The number of aliphatic imine (C=N–C) groups is 1. The van der Waals surface area contributed by atoms with Crippen molar-refractivity contribution in [2.75, 3.05) is 26.4 Å². The fourth-order valence-electron chi connectivity index (χ4n) is 4.12. The van der Waals surface area contributed by atoms with Crippen molar-refractivity contribution in [3.8, 4) is 0 Å². The van der Waals surface area contributed by atoms with Crippen molar-refractivity contribution in [1.29, 1.82) is 0 Å². The SMILES string of the molecule is CCOC(=O)C1=C(COCCN)N=C2CC(C)(C)CC(=O)C2C1c1ccsc1. The first kappa shape index (κ1) is 20.9. The van der Waals surface area contributed by atoms with Crippen LogP contribution in [0.2, 0.25) is 0 Å². The fourth-order valence-corrected chi connectivity index (χ4v) is 4.82. The van der Waals surface area contributed by atoms with Crippen molar-refractivity contribution in [2.45, 2.75) is 39.5 Å². The molecule has 1 aliphatic carbocycles. The maximum absolute atomic E-state index is 13.1. The molecule has 0 spiro atoms. The minimum Gasteiger partial charge on any atom is -0.463 e. The summed E-state index contributed by atoms with van der Waals surface area (Å²) in [5, 5.41) is 3.96. The standard InChI is InChI=1S/C21H28N2O4S/c1-4-27-20(25)19-15(11-26-7-6-22)23-14-9-21(2,3)10-16(24)18(14)17(19)13-5-8-28-12-13/h5,8,12,17-18H,4,6-7,9-11,22H2,1-3H3. The Bertz CT molecular complexity index is 795. The van der Waals surface area contributed by atoms with Gasteiger partial charge in [-0.05, 0) is 41.1 Å². The molecule has 2 unspecified atom stereocenters. The Balaban J connectivity index is 2.13. The monoisotopic (exact) mass is 404 g/mol. The molecule has 0 bridgehead atoms. The predicted octanol–water partition coefficient (Wildman–Crippen LogP) is 3.08. The lowest BCUT2D eigenvalue weighted by atomic mass is 9.63. The van der Waals surface area contributed by atoms with Crippen molar-refractivity contribution in [3.05, 3.63) is 33.7 Å². The first-order chi connectivity index (χ1) is 13.4. The molecule has 152 valence electrons. The molecule has 2 atom stereocenters. The number of thiophene rings is 1. The van der Waals surface area contributed by atoms with Gasteiger partial charge < -0.3 is 15.2 Å². The molecule has 1 aliphatic heterocycles. The Kier molecular flexibility index (Phi) is 6.47. The molecule has 7 heteroatoms. The number of ketones is 1. The van der Waals surface area contributed by atoms with Gasteiger partial charge in [-0.2, -0.15) is 11.3 Å².